The summed E-state index contributed by atoms with van der Waals surface area (Å²) in [6, 6.07) is 12.7. The summed E-state index contributed by atoms with van der Waals surface area (Å²) in [6.45, 7) is 1.17. The van der Waals surface area contributed by atoms with Gasteiger partial charge in [-0.05, 0) is 18.2 Å². The molecule has 8 heteroatoms. The molecule has 1 aliphatic rings. The molecule has 26 heavy (non-hydrogen) atoms. The number of rotatable bonds is 4. The van der Waals surface area contributed by atoms with Crippen molar-refractivity contribution in [3.05, 3.63) is 54.2 Å². The Morgan fingerprint density at radius 1 is 1.04 bits per heavy atom. The summed E-state index contributed by atoms with van der Waals surface area (Å²) < 4.78 is 40.9. The zero-order valence-electron chi connectivity index (χ0n) is 13.9. The van der Waals surface area contributed by atoms with Crippen LogP contribution in [0.15, 0.2) is 48.7 Å². The van der Waals surface area contributed by atoms with Crippen LogP contribution in [0.1, 0.15) is 10.4 Å². The van der Waals surface area contributed by atoms with E-state index in [-0.39, 0.29) is 11.8 Å². The SMILES string of the molecule is O=C(c1ccc(OCC(F)(F)F)nc1)N1CCN(c2ccccc2)CC1. The third-order valence-electron chi connectivity index (χ3n) is 4.06. The van der Waals surface area contributed by atoms with Crippen LogP contribution in [-0.2, 0) is 0 Å². The molecule has 0 N–H and O–H groups in total. The summed E-state index contributed by atoms with van der Waals surface area (Å²) in [5.74, 6) is -0.347. The van der Waals surface area contributed by atoms with Crippen molar-refractivity contribution in [2.45, 2.75) is 6.18 Å². The second-order valence-electron chi connectivity index (χ2n) is 5.90. The third kappa shape index (κ3) is 4.65. The largest absolute Gasteiger partial charge is 0.468 e. The van der Waals surface area contributed by atoms with Gasteiger partial charge in [0.15, 0.2) is 6.61 Å². The maximum absolute atomic E-state index is 12.5. The Morgan fingerprint density at radius 3 is 2.31 bits per heavy atom. The molecule has 1 amide bonds. The van der Waals surface area contributed by atoms with Crippen molar-refractivity contribution < 1.29 is 22.7 Å². The molecule has 3 rings (SSSR count). The molecule has 0 spiro atoms. The number of piperazine rings is 1. The van der Waals surface area contributed by atoms with Crippen molar-refractivity contribution in [3.63, 3.8) is 0 Å². The highest BCUT2D eigenvalue weighted by Gasteiger charge is 2.28. The van der Waals surface area contributed by atoms with E-state index in [1.807, 2.05) is 30.3 Å². The molecule has 1 saturated heterocycles. The van der Waals surface area contributed by atoms with E-state index in [0.29, 0.717) is 18.7 Å². The van der Waals surface area contributed by atoms with Gasteiger partial charge >= 0.3 is 6.18 Å². The van der Waals surface area contributed by atoms with Gasteiger partial charge < -0.3 is 14.5 Å². The first-order valence-electron chi connectivity index (χ1n) is 8.17. The number of nitrogens with zero attached hydrogens (tertiary/aromatic N) is 3. The number of carbonyl (C=O) groups excluding carboxylic acids is 1. The zero-order chi connectivity index (χ0) is 18.6. The van der Waals surface area contributed by atoms with Crippen LogP contribution in [0.2, 0.25) is 0 Å². The number of aromatic nitrogens is 1. The van der Waals surface area contributed by atoms with E-state index in [4.69, 9.17) is 0 Å². The molecule has 2 aromatic rings. The van der Waals surface area contributed by atoms with E-state index >= 15 is 0 Å². The second kappa shape index (κ2) is 7.63. The summed E-state index contributed by atoms with van der Waals surface area (Å²) in [4.78, 5) is 20.2. The normalized spacial score (nSPS) is 15.0. The van der Waals surface area contributed by atoms with Crippen LogP contribution >= 0.6 is 0 Å². The highest BCUT2D eigenvalue weighted by atomic mass is 19.4. The molecule has 5 nitrogen and oxygen atoms in total. The number of carbonyl (C=O) groups is 1. The molecule has 1 aromatic carbocycles. The van der Waals surface area contributed by atoms with Crippen LogP contribution in [0.5, 0.6) is 5.88 Å². The summed E-state index contributed by atoms with van der Waals surface area (Å²) >= 11 is 0. The highest BCUT2D eigenvalue weighted by molar-refractivity contribution is 5.94. The third-order valence-corrected chi connectivity index (χ3v) is 4.06. The molecule has 0 radical (unpaired) electrons. The fourth-order valence-corrected chi connectivity index (χ4v) is 2.74. The van der Waals surface area contributed by atoms with Crippen molar-refractivity contribution in [2.75, 3.05) is 37.7 Å². The van der Waals surface area contributed by atoms with Crippen LogP contribution in [0.25, 0.3) is 0 Å². The van der Waals surface area contributed by atoms with Crippen LogP contribution in [0.4, 0.5) is 18.9 Å². The molecular weight excluding hydrogens is 347 g/mol. The summed E-state index contributed by atoms with van der Waals surface area (Å²) in [5.41, 5.74) is 1.45. The fraction of sp³-hybridized carbons (Fsp3) is 0.333. The van der Waals surface area contributed by atoms with Crippen LogP contribution in [0, 0.1) is 0 Å². The molecular formula is C18H18F3N3O2. The molecule has 1 fully saturated rings. The van der Waals surface area contributed by atoms with Crippen molar-refractivity contribution in [2.24, 2.45) is 0 Å². The minimum absolute atomic E-state index is 0.159. The van der Waals surface area contributed by atoms with Crippen molar-refractivity contribution in [1.82, 2.24) is 9.88 Å². The molecule has 2 heterocycles. The van der Waals surface area contributed by atoms with Gasteiger partial charge in [0.1, 0.15) is 0 Å². The number of ether oxygens (including phenoxy) is 1. The lowest BCUT2D eigenvalue weighted by molar-refractivity contribution is -0.154. The van der Waals surface area contributed by atoms with Gasteiger partial charge in [-0.3, -0.25) is 4.79 Å². The zero-order valence-corrected chi connectivity index (χ0v) is 13.9. The predicted octanol–water partition coefficient (Wildman–Crippen LogP) is 2.99. The van der Waals surface area contributed by atoms with Gasteiger partial charge in [-0.1, -0.05) is 18.2 Å². The van der Waals surface area contributed by atoms with Crippen LogP contribution in [0.3, 0.4) is 0 Å². The predicted molar refractivity (Wildman–Crippen MR) is 90.3 cm³/mol. The Morgan fingerprint density at radius 2 is 1.73 bits per heavy atom. The Balaban J connectivity index is 1.55. The van der Waals surface area contributed by atoms with Gasteiger partial charge in [0.25, 0.3) is 5.91 Å². The number of hydrogen-bond acceptors (Lipinski definition) is 4. The van der Waals surface area contributed by atoms with E-state index in [2.05, 4.69) is 14.6 Å². The Labute approximate surface area is 149 Å². The van der Waals surface area contributed by atoms with Crippen molar-refractivity contribution in [3.8, 4) is 5.88 Å². The Kier molecular flexibility index (Phi) is 5.29. The second-order valence-corrected chi connectivity index (χ2v) is 5.90. The minimum atomic E-state index is -4.42. The number of pyridine rings is 1. The molecule has 0 bridgehead atoms. The molecule has 1 aromatic heterocycles. The number of benzene rings is 1. The molecule has 0 saturated carbocycles. The maximum Gasteiger partial charge on any atom is 0.422 e. The Bertz CT molecular complexity index is 728. The summed E-state index contributed by atoms with van der Waals surface area (Å²) in [5, 5.41) is 0. The lowest BCUT2D eigenvalue weighted by Gasteiger charge is -2.36. The smallest absolute Gasteiger partial charge is 0.422 e. The lowest BCUT2D eigenvalue weighted by atomic mass is 10.2. The van der Waals surface area contributed by atoms with Gasteiger partial charge in [-0.25, -0.2) is 4.98 Å². The van der Waals surface area contributed by atoms with E-state index in [1.165, 1.54) is 18.3 Å². The van der Waals surface area contributed by atoms with E-state index in [9.17, 15) is 18.0 Å². The molecule has 0 atom stereocenters. The molecule has 1 aliphatic heterocycles. The maximum atomic E-state index is 12.5. The summed E-state index contributed by atoms with van der Waals surface area (Å²) in [7, 11) is 0. The first-order chi connectivity index (χ1) is 12.4. The quantitative estimate of drug-likeness (QED) is 0.836. The van der Waals surface area contributed by atoms with Gasteiger partial charge in [0.05, 0.1) is 5.56 Å². The summed E-state index contributed by atoms with van der Waals surface area (Å²) in [6.07, 6.45) is -3.17. The number of anilines is 1. The van der Waals surface area contributed by atoms with Crippen LogP contribution in [-0.4, -0.2) is 54.8 Å². The molecule has 138 valence electrons. The number of alkyl halides is 3. The Hall–Kier alpha value is -2.77. The van der Waals surface area contributed by atoms with E-state index in [0.717, 1.165) is 18.8 Å². The minimum Gasteiger partial charge on any atom is -0.468 e. The van der Waals surface area contributed by atoms with Crippen molar-refractivity contribution in [1.29, 1.82) is 0 Å². The fourth-order valence-electron chi connectivity index (χ4n) is 2.74. The average Bonchev–Trinajstić information content (AvgIpc) is 2.66. The van der Waals surface area contributed by atoms with Gasteiger partial charge in [0.2, 0.25) is 5.88 Å². The average molecular weight is 365 g/mol. The van der Waals surface area contributed by atoms with Gasteiger partial charge in [-0.15, -0.1) is 0 Å². The van der Waals surface area contributed by atoms with E-state index in [1.54, 1.807) is 4.90 Å². The standard InChI is InChI=1S/C18H18F3N3O2/c19-18(20,21)13-26-16-7-6-14(12-22-16)17(25)24-10-8-23(9-11-24)15-4-2-1-3-5-15/h1-7,12H,8-11,13H2. The topological polar surface area (TPSA) is 45.7 Å². The lowest BCUT2D eigenvalue weighted by Crippen LogP contribution is -2.48. The van der Waals surface area contributed by atoms with Crippen molar-refractivity contribution >= 4 is 11.6 Å². The van der Waals surface area contributed by atoms with E-state index < -0.39 is 12.8 Å². The molecule has 0 unspecified atom stereocenters. The number of hydrogen-bond donors (Lipinski definition) is 0. The first kappa shape index (κ1) is 18.0. The van der Waals surface area contributed by atoms with Gasteiger partial charge in [-0.2, -0.15) is 13.2 Å². The highest BCUT2D eigenvalue weighted by Crippen LogP contribution is 2.19. The van der Waals surface area contributed by atoms with Gasteiger partial charge in [0, 0.05) is 44.1 Å². The number of halogens is 3. The monoisotopic (exact) mass is 365 g/mol. The van der Waals surface area contributed by atoms with Crippen LogP contribution < -0.4 is 9.64 Å². The first-order valence-corrected chi connectivity index (χ1v) is 8.17. The number of para-hydroxylation sites is 1. The molecule has 0 aliphatic carbocycles. The number of amides is 1.